The van der Waals surface area contributed by atoms with E-state index in [-0.39, 0.29) is 5.91 Å². The molecule has 0 aliphatic carbocycles. The lowest BCUT2D eigenvalue weighted by Gasteiger charge is -2.22. The van der Waals surface area contributed by atoms with Gasteiger partial charge in [-0.1, -0.05) is 37.5 Å². The van der Waals surface area contributed by atoms with Crippen LogP contribution in [0.3, 0.4) is 0 Å². The molecule has 0 fully saturated rings. The van der Waals surface area contributed by atoms with E-state index < -0.39 is 6.23 Å². The fourth-order valence-electron chi connectivity index (χ4n) is 1.56. The van der Waals surface area contributed by atoms with E-state index in [2.05, 4.69) is 26.3 Å². The Bertz CT molecular complexity index is 375. The summed E-state index contributed by atoms with van der Waals surface area (Å²) in [6, 6.07) is 0. The molecule has 0 saturated carbocycles. The summed E-state index contributed by atoms with van der Waals surface area (Å²) in [6.45, 7) is 16.3. The maximum atomic E-state index is 11.5. The average Bonchev–Trinajstić information content (AvgIpc) is 2.47. The van der Waals surface area contributed by atoms with Gasteiger partial charge in [0.05, 0.1) is 0 Å². The van der Waals surface area contributed by atoms with E-state index in [1.165, 1.54) is 12.2 Å². The van der Waals surface area contributed by atoms with Crippen LogP contribution in [-0.4, -0.2) is 53.2 Å². The molecule has 0 aromatic carbocycles. The number of nitrogens with zero attached hydrogens (tertiary/aromatic N) is 2. The van der Waals surface area contributed by atoms with Crippen LogP contribution in [0.4, 0.5) is 0 Å². The van der Waals surface area contributed by atoms with E-state index in [9.17, 15) is 9.90 Å². The van der Waals surface area contributed by atoms with Gasteiger partial charge in [-0.3, -0.25) is 9.69 Å². The van der Waals surface area contributed by atoms with Crippen molar-refractivity contribution < 1.29 is 9.90 Å². The van der Waals surface area contributed by atoms with Crippen LogP contribution in [0.1, 0.15) is 0 Å². The van der Waals surface area contributed by atoms with Gasteiger partial charge in [-0.15, -0.1) is 13.2 Å². The van der Waals surface area contributed by atoms with Crippen LogP contribution in [-0.2, 0) is 4.79 Å². The maximum absolute atomic E-state index is 11.5. The molecule has 1 N–H and O–H groups in total. The predicted molar refractivity (Wildman–Crippen MR) is 84.1 cm³/mol. The molecule has 0 heterocycles. The molecule has 0 aromatic heterocycles. The topological polar surface area (TPSA) is 43.8 Å². The fourth-order valence-corrected chi connectivity index (χ4v) is 1.56. The van der Waals surface area contributed by atoms with Crippen molar-refractivity contribution in [1.82, 2.24) is 9.80 Å². The highest BCUT2D eigenvalue weighted by Gasteiger charge is 2.09. The third-order valence-electron chi connectivity index (χ3n) is 2.62. The SMILES string of the molecule is C=CCN(C/C=C/CN(CC=C)C(O)C=C)C(=O)C=C. The van der Waals surface area contributed by atoms with Crippen molar-refractivity contribution >= 4 is 5.91 Å². The van der Waals surface area contributed by atoms with Crippen LogP contribution in [0.2, 0.25) is 0 Å². The van der Waals surface area contributed by atoms with E-state index >= 15 is 0 Å². The lowest BCUT2D eigenvalue weighted by atomic mass is 10.3. The fraction of sp³-hybridized carbons (Fsp3) is 0.312. The Morgan fingerprint density at radius 2 is 1.60 bits per heavy atom. The van der Waals surface area contributed by atoms with E-state index in [1.54, 1.807) is 22.0 Å². The van der Waals surface area contributed by atoms with Gasteiger partial charge in [0.25, 0.3) is 0 Å². The number of aliphatic hydroxyl groups is 1. The van der Waals surface area contributed by atoms with Gasteiger partial charge in [0, 0.05) is 26.2 Å². The van der Waals surface area contributed by atoms with Crippen LogP contribution in [0.25, 0.3) is 0 Å². The number of hydrogen-bond donors (Lipinski definition) is 1. The van der Waals surface area contributed by atoms with Crippen LogP contribution in [0.5, 0.6) is 0 Å². The summed E-state index contributed by atoms with van der Waals surface area (Å²) < 4.78 is 0. The normalized spacial score (nSPS) is 12.1. The minimum Gasteiger partial charge on any atom is -0.375 e. The van der Waals surface area contributed by atoms with E-state index in [4.69, 9.17) is 0 Å². The van der Waals surface area contributed by atoms with Gasteiger partial charge in [-0.05, 0) is 12.2 Å². The minimum atomic E-state index is -0.711. The van der Waals surface area contributed by atoms with Crippen molar-refractivity contribution in [2.24, 2.45) is 0 Å². The zero-order chi connectivity index (χ0) is 15.4. The summed E-state index contributed by atoms with van der Waals surface area (Å²) in [6.07, 6.45) is 9.17. The number of carbonyl (C=O) groups excluding carboxylic acids is 1. The second kappa shape index (κ2) is 11.0. The Balaban J connectivity index is 4.41. The van der Waals surface area contributed by atoms with Crippen molar-refractivity contribution in [2.45, 2.75) is 6.23 Å². The van der Waals surface area contributed by atoms with E-state index in [1.807, 2.05) is 12.2 Å². The lowest BCUT2D eigenvalue weighted by molar-refractivity contribution is -0.125. The van der Waals surface area contributed by atoms with Gasteiger partial charge in [0.2, 0.25) is 5.91 Å². The highest BCUT2D eigenvalue weighted by Crippen LogP contribution is 1.99. The average molecular weight is 276 g/mol. The van der Waals surface area contributed by atoms with Gasteiger partial charge in [0.1, 0.15) is 6.23 Å². The molecule has 0 bridgehead atoms. The Kier molecular flexibility index (Phi) is 9.92. The van der Waals surface area contributed by atoms with Crippen LogP contribution in [0, 0.1) is 0 Å². The number of rotatable bonds is 11. The Labute approximate surface area is 121 Å². The number of hydrogen-bond acceptors (Lipinski definition) is 3. The van der Waals surface area contributed by atoms with Crippen LogP contribution < -0.4 is 0 Å². The smallest absolute Gasteiger partial charge is 0.246 e. The van der Waals surface area contributed by atoms with Crippen LogP contribution >= 0.6 is 0 Å². The van der Waals surface area contributed by atoms with Crippen molar-refractivity contribution in [3.05, 3.63) is 62.8 Å². The first-order valence-electron chi connectivity index (χ1n) is 6.43. The van der Waals surface area contributed by atoms with Gasteiger partial charge in [-0.25, -0.2) is 0 Å². The molecule has 1 unspecified atom stereocenters. The standard InChI is InChI=1S/C16H24N2O2/c1-5-11-17(15(19)7-3)13-9-10-14-18(12-6-2)16(20)8-4/h5-10,15,19H,1-4,11-14H2/b10-9+. The van der Waals surface area contributed by atoms with Crippen LogP contribution in [0.15, 0.2) is 62.8 Å². The maximum Gasteiger partial charge on any atom is 0.246 e. The van der Waals surface area contributed by atoms with Gasteiger partial charge in [0.15, 0.2) is 0 Å². The molecule has 4 heteroatoms. The highest BCUT2D eigenvalue weighted by molar-refractivity contribution is 5.87. The predicted octanol–water partition coefficient (Wildman–Crippen LogP) is 1.74. The molecule has 1 amide bonds. The zero-order valence-corrected chi connectivity index (χ0v) is 11.9. The van der Waals surface area contributed by atoms with Crippen molar-refractivity contribution in [3.8, 4) is 0 Å². The number of amides is 1. The molecule has 0 aliphatic rings. The summed E-state index contributed by atoms with van der Waals surface area (Å²) in [5.74, 6) is -0.136. The quantitative estimate of drug-likeness (QED) is 0.355. The van der Waals surface area contributed by atoms with Gasteiger partial charge < -0.3 is 10.0 Å². The molecule has 0 spiro atoms. The molecule has 110 valence electrons. The zero-order valence-electron chi connectivity index (χ0n) is 11.9. The summed E-state index contributed by atoms with van der Waals surface area (Å²) in [5.41, 5.74) is 0. The molecule has 20 heavy (non-hydrogen) atoms. The summed E-state index contributed by atoms with van der Waals surface area (Å²) in [4.78, 5) is 14.9. The first-order chi connectivity index (χ1) is 9.60. The van der Waals surface area contributed by atoms with E-state index in [0.29, 0.717) is 26.2 Å². The minimum absolute atomic E-state index is 0.136. The highest BCUT2D eigenvalue weighted by atomic mass is 16.3. The number of aliphatic hydroxyl groups excluding tert-OH is 1. The molecule has 0 rings (SSSR count). The monoisotopic (exact) mass is 276 g/mol. The van der Waals surface area contributed by atoms with E-state index in [0.717, 1.165) is 0 Å². The molecule has 0 radical (unpaired) electrons. The molecule has 4 nitrogen and oxygen atoms in total. The van der Waals surface area contributed by atoms with Crippen molar-refractivity contribution in [2.75, 3.05) is 26.2 Å². The molecular weight excluding hydrogens is 252 g/mol. The summed E-state index contributed by atoms with van der Waals surface area (Å²) >= 11 is 0. The summed E-state index contributed by atoms with van der Waals surface area (Å²) in [7, 11) is 0. The third-order valence-corrected chi connectivity index (χ3v) is 2.62. The largest absolute Gasteiger partial charge is 0.375 e. The Morgan fingerprint density at radius 3 is 2.10 bits per heavy atom. The Hall–Kier alpha value is -1.91. The number of carbonyl (C=O) groups is 1. The van der Waals surface area contributed by atoms with Gasteiger partial charge >= 0.3 is 0 Å². The van der Waals surface area contributed by atoms with Crippen molar-refractivity contribution in [1.29, 1.82) is 0 Å². The third kappa shape index (κ3) is 6.87. The summed E-state index contributed by atoms with van der Waals surface area (Å²) in [5, 5.41) is 9.70. The van der Waals surface area contributed by atoms with Gasteiger partial charge in [-0.2, -0.15) is 0 Å². The first kappa shape index (κ1) is 18.1. The Morgan fingerprint density at radius 1 is 1.00 bits per heavy atom. The molecule has 0 aromatic rings. The lowest BCUT2D eigenvalue weighted by Crippen LogP contribution is -2.34. The molecule has 1 atom stereocenters. The molecular formula is C16H24N2O2. The molecule has 0 aliphatic heterocycles. The molecule has 0 saturated heterocycles. The first-order valence-corrected chi connectivity index (χ1v) is 6.43. The second-order valence-electron chi connectivity index (χ2n) is 4.10. The van der Waals surface area contributed by atoms with Crippen molar-refractivity contribution in [3.63, 3.8) is 0 Å². The second-order valence-corrected chi connectivity index (χ2v) is 4.10.